The summed E-state index contributed by atoms with van der Waals surface area (Å²) in [6.07, 6.45) is 0. The Morgan fingerprint density at radius 3 is 0.833 bits per heavy atom. The quantitative estimate of drug-likeness (QED) is 0.0957. The molecule has 0 aromatic heterocycles. The van der Waals surface area contributed by atoms with Crippen LogP contribution in [0.5, 0.6) is 0 Å². The third-order valence-electron chi connectivity index (χ3n) is 6.48. The Labute approximate surface area is 267 Å². The molecule has 4 rings (SSSR count). The lowest BCUT2D eigenvalue weighted by Crippen LogP contribution is -2.27. The predicted octanol–water partition coefficient (Wildman–Crippen LogP) is 10.8. The van der Waals surface area contributed by atoms with Crippen LogP contribution in [0.3, 0.4) is 0 Å². The Bertz CT molecular complexity index is 1290. The number of azo groups is 2. The second-order valence-electron chi connectivity index (χ2n) is 9.26. The second kappa shape index (κ2) is 17.1. The molecule has 0 atom stereocenters. The van der Waals surface area contributed by atoms with Crippen molar-refractivity contribution < 1.29 is 0 Å². The molecule has 0 unspecified atom stereocenters. The van der Waals surface area contributed by atoms with Crippen molar-refractivity contribution in [1.29, 1.82) is 0 Å². The first-order chi connectivity index (χ1) is 20.6. The number of benzene rings is 4. The van der Waals surface area contributed by atoms with Crippen LogP contribution in [0, 0.1) is 0 Å². The highest BCUT2D eigenvalue weighted by molar-refractivity contribution is 6.19. The van der Waals surface area contributed by atoms with Gasteiger partial charge in [-0.05, 0) is 83.9 Å². The largest absolute Gasteiger partial charge is 0.369 e. The van der Waals surface area contributed by atoms with Crippen LogP contribution in [0.15, 0.2) is 118 Å². The van der Waals surface area contributed by atoms with Gasteiger partial charge >= 0.3 is 0 Å². The molecule has 0 saturated carbocycles. The lowest BCUT2D eigenvalue weighted by atomic mass is 10.1. The average Bonchev–Trinajstić information content (AvgIpc) is 3.04. The van der Waals surface area contributed by atoms with Crippen molar-refractivity contribution in [2.24, 2.45) is 20.5 Å². The standard InChI is InChI=1S/C32H32Cl4N6/c33-17-21-41(22-18-34)31-13-9-29(10-14-31)39-37-27-5-1-25(2-6-27)26-3-7-28(8-4-26)38-40-30-11-15-32(16-12-30)42(23-19-35)24-20-36/h1-16H,17-24H2. The van der Waals surface area contributed by atoms with Crippen molar-refractivity contribution in [3.63, 3.8) is 0 Å². The molecule has 4 aromatic rings. The second-order valence-corrected chi connectivity index (χ2v) is 10.8. The van der Waals surface area contributed by atoms with Crippen LogP contribution in [-0.2, 0) is 0 Å². The molecule has 0 N–H and O–H groups in total. The Kier molecular flexibility index (Phi) is 12.9. The highest BCUT2D eigenvalue weighted by Crippen LogP contribution is 2.28. The molecule has 6 nitrogen and oxygen atoms in total. The molecule has 0 aliphatic carbocycles. The van der Waals surface area contributed by atoms with Crippen LogP contribution in [0.2, 0.25) is 0 Å². The summed E-state index contributed by atoms with van der Waals surface area (Å²) < 4.78 is 0. The summed E-state index contributed by atoms with van der Waals surface area (Å²) >= 11 is 23.7. The molecule has 42 heavy (non-hydrogen) atoms. The van der Waals surface area contributed by atoms with E-state index in [1.54, 1.807) is 0 Å². The van der Waals surface area contributed by atoms with Gasteiger partial charge in [0.1, 0.15) is 0 Å². The fourth-order valence-corrected chi connectivity index (χ4v) is 5.10. The van der Waals surface area contributed by atoms with Crippen LogP contribution < -0.4 is 9.80 Å². The van der Waals surface area contributed by atoms with Gasteiger partial charge in [-0.15, -0.1) is 46.4 Å². The normalized spacial score (nSPS) is 11.4. The Hall–Kier alpha value is -3.16. The van der Waals surface area contributed by atoms with Crippen LogP contribution in [-0.4, -0.2) is 49.7 Å². The number of nitrogens with zero attached hydrogens (tertiary/aromatic N) is 6. The van der Waals surface area contributed by atoms with Crippen molar-refractivity contribution >= 4 is 80.5 Å². The SMILES string of the molecule is ClCCN(CCCl)c1ccc(N=Nc2ccc(-c3ccc(N=Nc4ccc(N(CCCl)CCCl)cc4)cc3)cc2)cc1. The molecule has 0 saturated heterocycles. The van der Waals surface area contributed by atoms with E-state index in [-0.39, 0.29) is 0 Å². The maximum atomic E-state index is 5.91. The van der Waals surface area contributed by atoms with Gasteiger partial charge < -0.3 is 9.80 Å². The smallest absolute Gasteiger partial charge is 0.0858 e. The van der Waals surface area contributed by atoms with Gasteiger partial charge in [-0.25, -0.2) is 0 Å². The van der Waals surface area contributed by atoms with Gasteiger partial charge in [0, 0.05) is 61.1 Å². The van der Waals surface area contributed by atoms with Crippen molar-refractivity contribution in [1.82, 2.24) is 0 Å². The first kappa shape index (κ1) is 31.8. The predicted molar refractivity (Wildman–Crippen MR) is 180 cm³/mol. The fraction of sp³-hybridized carbons (Fsp3) is 0.250. The molecule has 218 valence electrons. The first-order valence-electron chi connectivity index (χ1n) is 13.6. The Morgan fingerprint density at radius 2 is 0.595 bits per heavy atom. The molecule has 0 bridgehead atoms. The number of hydrogen-bond acceptors (Lipinski definition) is 6. The maximum absolute atomic E-state index is 5.91. The van der Waals surface area contributed by atoms with Gasteiger partial charge in [0.15, 0.2) is 0 Å². The van der Waals surface area contributed by atoms with E-state index < -0.39 is 0 Å². The van der Waals surface area contributed by atoms with Gasteiger partial charge in [0.2, 0.25) is 0 Å². The number of anilines is 2. The molecule has 0 spiro atoms. The fourth-order valence-electron chi connectivity index (χ4n) is 4.28. The zero-order valence-corrected chi connectivity index (χ0v) is 26.1. The van der Waals surface area contributed by atoms with Crippen LogP contribution in [0.25, 0.3) is 11.1 Å². The van der Waals surface area contributed by atoms with Gasteiger partial charge in [0.25, 0.3) is 0 Å². The van der Waals surface area contributed by atoms with E-state index in [1.165, 1.54) is 0 Å². The minimum absolute atomic E-state index is 0.546. The molecular weight excluding hydrogens is 610 g/mol. The third-order valence-corrected chi connectivity index (χ3v) is 7.15. The molecule has 10 heteroatoms. The summed E-state index contributed by atoms with van der Waals surface area (Å²) in [7, 11) is 0. The van der Waals surface area contributed by atoms with Crippen molar-refractivity contribution in [2.75, 3.05) is 59.5 Å². The zero-order valence-electron chi connectivity index (χ0n) is 23.1. The first-order valence-corrected chi connectivity index (χ1v) is 15.7. The monoisotopic (exact) mass is 640 g/mol. The van der Waals surface area contributed by atoms with Crippen molar-refractivity contribution in [3.05, 3.63) is 97.1 Å². The van der Waals surface area contributed by atoms with E-state index in [4.69, 9.17) is 46.4 Å². The molecule has 0 aliphatic heterocycles. The van der Waals surface area contributed by atoms with Crippen LogP contribution in [0.1, 0.15) is 0 Å². The molecule has 0 amide bonds. The summed E-state index contributed by atoms with van der Waals surface area (Å²) in [5.74, 6) is 2.18. The van der Waals surface area contributed by atoms with E-state index in [9.17, 15) is 0 Å². The van der Waals surface area contributed by atoms with Gasteiger partial charge in [0.05, 0.1) is 22.7 Å². The summed E-state index contributed by atoms with van der Waals surface area (Å²) in [5, 5.41) is 17.5. The molecular formula is C32H32Cl4N6. The van der Waals surface area contributed by atoms with E-state index in [2.05, 4.69) is 30.3 Å². The molecule has 0 radical (unpaired) electrons. The summed E-state index contributed by atoms with van der Waals surface area (Å²) in [4.78, 5) is 4.30. The van der Waals surface area contributed by atoms with E-state index in [0.717, 1.165) is 71.4 Å². The number of rotatable bonds is 15. The van der Waals surface area contributed by atoms with Gasteiger partial charge in [-0.1, -0.05) is 24.3 Å². The van der Waals surface area contributed by atoms with Crippen molar-refractivity contribution in [2.45, 2.75) is 0 Å². The highest BCUT2D eigenvalue weighted by Gasteiger charge is 2.06. The highest BCUT2D eigenvalue weighted by atomic mass is 35.5. The van der Waals surface area contributed by atoms with Gasteiger partial charge in [-0.2, -0.15) is 20.5 Å². The Balaban J connectivity index is 1.34. The Morgan fingerprint density at radius 1 is 0.357 bits per heavy atom. The third kappa shape index (κ3) is 9.43. The molecule has 4 aromatic carbocycles. The topological polar surface area (TPSA) is 55.9 Å². The molecule has 0 aliphatic rings. The zero-order chi connectivity index (χ0) is 29.6. The van der Waals surface area contributed by atoms with Crippen LogP contribution in [0.4, 0.5) is 34.1 Å². The summed E-state index contributed by atoms with van der Waals surface area (Å²) in [6.45, 7) is 2.98. The lowest BCUT2D eigenvalue weighted by Gasteiger charge is -2.22. The average molecular weight is 642 g/mol. The number of halogens is 4. The van der Waals surface area contributed by atoms with E-state index in [1.807, 2.05) is 97.1 Å². The lowest BCUT2D eigenvalue weighted by molar-refractivity contribution is 0.874. The number of hydrogen-bond donors (Lipinski definition) is 0. The summed E-state index contributed by atoms with van der Waals surface area (Å²) in [6, 6.07) is 31.7. The van der Waals surface area contributed by atoms with E-state index in [0.29, 0.717) is 23.5 Å². The van der Waals surface area contributed by atoms with Gasteiger partial charge in [-0.3, -0.25) is 0 Å². The van der Waals surface area contributed by atoms with Crippen molar-refractivity contribution in [3.8, 4) is 11.1 Å². The maximum Gasteiger partial charge on any atom is 0.0858 e. The van der Waals surface area contributed by atoms with E-state index >= 15 is 0 Å². The number of alkyl halides is 4. The minimum atomic E-state index is 0.546. The summed E-state index contributed by atoms with van der Waals surface area (Å²) in [5.41, 5.74) is 7.39. The van der Waals surface area contributed by atoms with Crippen LogP contribution >= 0.6 is 46.4 Å². The molecule has 0 fully saturated rings. The molecule has 0 heterocycles. The minimum Gasteiger partial charge on any atom is -0.369 e.